The van der Waals surface area contributed by atoms with Crippen molar-refractivity contribution in [3.05, 3.63) is 35.7 Å². The third-order valence-corrected chi connectivity index (χ3v) is 3.29. The molecule has 2 rings (SSSR count). The molecule has 0 spiro atoms. The lowest BCUT2D eigenvalue weighted by Gasteiger charge is -2.13. The molecule has 1 N–H and O–H groups in total. The molecule has 0 fully saturated rings. The Kier molecular flexibility index (Phi) is 6.10. The summed E-state index contributed by atoms with van der Waals surface area (Å²) in [6, 6.07) is 3.77. The van der Waals surface area contributed by atoms with Gasteiger partial charge in [-0.25, -0.2) is 4.79 Å². The molecule has 0 aliphatic carbocycles. The van der Waals surface area contributed by atoms with Crippen molar-refractivity contribution in [3.63, 3.8) is 0 Å². The van der Waals surface area contributed by atoms with Crippen LogP contribution in [0.15, 0.2) is 24.4 Å². The van der Waals surface area contributed by atoms with E-state index in [-0.39, 0.29) is 35.1 Å². The molecule has 0 radical (unpaired) electrons. The van der Waals surface area contributed by atoms with Crippen LogP contribution in [0.25, 0.3) is 0 Å². The summed E-state index contributed by atoms with van der Waals surface area (Å²) in [4.78, 5) is 24.2. The summed E-state index contributed by atoms with van der Waals surface area (Å²) in [5.41, 5.74) is 0.327. The molecule has 0 saturated carbocycles. The molecule has 1 amide bonds. The van der Waals surface area contributed by atoms with Crippen molar-refractivity contribution >= 4 is 17.6 Å². The van der Waals surface area contributed by atoms with E-state index in [0.717, 1.165) is 0 Å². The maximum absolute atomic E-state index is 12.4. The number of ether oxygens (including phenoxy) is 3. The SMILES string of the molecule is CCOc1cc(C(=O)Nc2cnn(C)c2C(=O)OC)ccc1OC(F)F. The second kappa shape index (κ2) is 8.28. The number of hydrogen-bond donors (Lipinski definition) is 1. The van der Waals surface area contributed by atoms with Gasteiger partial charge in [0.2, 0.25) is 0 Å². The van der Waals surface area contributed by atoms with Crippen molar-refractivity contribution in [1.82, 2.24) is 9.78 Å². The van der Waals surface area contributed by atoms with Crippen LogP contribution in [0.1, 0.15) is 27.8 Å². The molecule has 1 heterocycles. The van der Waals surface area contributed by atoms with Gasteiger partial charge in [0.05, 0.1) is 25.6 Å². The first-order valence-corrected chi connectivity index (χ1v) is 7.50. The highest BCUT2D eigenvalue weighted by atomic mass is 19.3. The molecule has 0 aliphatic rings. The largest absolute Gasteiger partial charge is 0.490 e. The summed E-state index contributed by atoms with van der Waals surface area (Å²) in [6.07, 6.45) is 1.29. The van der Waals surface area contributed by atoms with Gasteiger partial charge in [-0.15, -0.1) is 0 Å². The van der Waals surface area contributed by atoms with Crippen molar-refractivity contribution in [1.29, 1.82) is 0 Å². The summed E-state index contributed by atoms with van der Waals surface area (Å²) in [6.45, 7) is -1.16. The van der Waals surface area contributed by atoms with E-state index in [1.54, 1.807) is 6.92 Å². The van der Waals surface area contributed by atoms with E-state index in [0.29, 0.717) is 0 Å². The van der Waals surface area contributed by atoms with E-state index in [1.807, 2.05) is 0 Å². The Bertz CT molecular complexity index is 807. The molecule has 0 aliphatic heterocycles. The van der Waals surface area contributed by atoms with Crippen molar-refractivity contribution in [2.75, 3.05) is 19.0 Å². The number of aryl methyl sites for hydroxylation is 1. The topological polar surface area (TPSA) is 91.7 Å². The monoisotopic (exact) mass is 369 g/mol. The van der Waals surface area contributed by atoms with Crippen LogP contribution in [-0.2, 0) is 11.8 Å². The average Bonchev–Trinajstić information content (AvgIpc) is 2.95. The highest BCUT2D eigenvalue weighted by molar-refractivity contribution is 6.07. The summed E-state index contributed by atoms with van der Waals surface area (Å²) in [7, 11) is 2.72. The quantitative estimate of drug-likeness (QED) is 0.754. The predicted molar refractivity (Wildman–Crippen MR) is 86.7 cm³/mol. The zero-order chi connectivity index (χ0) is 19.3. The van der Waals surface area contributed by atoms with E-state index in [4.69, 9.17) is 4.74 Å². The van der Waals surface area contributed by atoms with Crippen LogP contribution in [0.4, 0.5) is 14.5 Å². The van der Waals surface area contributed by atoms with E-state index >= 15 is 0 Å². The van der Waals surface area contributed by atoms with Crippen LogP contribution in [-0.4, -0.2) is 42.0 Å². The Morgan fingerprint density at radius 2 is 2.04 bits per heavy atom. The molecule has 2 aromatic rings. The van der Waals surface area contributed by atoms with Crippen LogP contribution in [0.3, 0.4) is 0 Å². The van der Waals surface area contributed by atoms with Crippen LogP contribution in [0.5, 0.6) is 11.5 Å². The number of amides is 1. The lowest BCUT2D eigenvalue weighted by Crippen LogP contribution is -2.16. The van der Waals surface area contributed by atoms with Gasteiger partial charge in [0.25, 0.3) is 5.91 Å². The second-order valence-electron chi connectivity index (χ2n) is 4.95. The van der Waals surface area contributed by atoms with Crippen molar-refractivity contribution in [2.24, 2.45) is 7.05 Å². The number of anilines is 1. The number of carbonyl (C=O) groups excluding carboxylic acids is 2. The summed E-state index contributed by atoms with van der Waals surface area (Å²) < 4.78 is 40.4. The van der Waals surface area contributed by atoms with Crippen LogP contribution in [0, 0.1) is 0 Å². The standard InChI is InChI=1S/C16H17F2N3O5/c1-4-25-12-7-9(5-6-11(12)26-16(17)18)14(22)20-10-8-19-21(2)13(10)15(23)24-3/h5-8,16H,4H2,1-3H3,(H,20,22). The van der Waals surface area contributed by atoms with Crippen molar-refractivity contribution < 1.29 is 32.6 Å². The number of hydrogen-bond acceptors (Lipinski definition) is 6. The number of nitrogens with zero attached hydrogens (tertiary/aromatic N) is 2. The molecule has 8 nitrogen and oxygen atoms in total. The number of halogens is 2. The van der Waals surface area contributed by atoms with E-state index in [9.17, 15) is 18.4 Å². The Hall–Kier alpha value is -3.17. The first-order chi connectivity index (χ1) is 12.4. The lowest BCUT2D eigenvalue weighted by atomic mass is 10.2. The number of alkyl halides is 2. The lowest BCUT2D eigenvalue weighted by molar-refractivity contribution is -0.0514. The molecule has 1 aromatic heterocycles. The van der Waals surface area contributed by atoms with Crippen LogP contribution < -0.4 is 14.8 Å². The van der Waals surface area contributed by atoms with Gasteiger partial charge in [0.1, 0.15) is 0 Å². The highest BCUT2D eigenvalue weighted by Gasteiger charge is 2.21. The number of nitrogens with one attached hydrogen (secondary N) is 1. The Morgan fingerprint density at radius 3 is 2.65 bits per heavy atom. The van der Waals surface area contributed by atoms with E-state index in [1.165, 1.54) is 43.2 Å². The molecule has 0 atom stereocenters. The summed E-state index contributed by atoms with van der Waals surface area (Å²) in [5.74, 6) is -1.45. The number of aromatic nitrogens is 2. The van der Waals surface area contributed by atoms with E-state index in [2.05, 4.69) is 19.9 Å². The number of benzene rings is 1. The number of esters is 1. The number of rotatable bonds is 7. The Morgan fingerprint density at radius 1 is 1.31 bits per heavy atom. The molecule has 0 saturated heterocycles. The van der Waals surface area contributed by atoms with Crippen molar-refractivity contribution in [3.8, 4) is 11.5 Å². The molecule has 140 valence electrons. The number of carbonyl (C=O) groups is 2. The maximum atomic E-state index is 12.4. The Labute approximate surface area is 147 Å². The van der Waals surface area contributed by atoms with Gasteiger partial charge in [-0.3, -0.25) is 9.48 Å². The van der Waals surface area contributed by atoms with Gasteiger partial charge in [-0.2, -0.15) is 13.9 Å². The first kappa shape index (κ1) is 19.2. The van der Waals surface area contributed by atoms with Gasteiger partial charge in [0, 0.05) is 12.6 Å². The normalized spacial score (nSPS) is 10.5. The van der Waals surface area contributed by atoms with Gasteiger partial charge >= 0.3 is 12.6 Å². The first-order valence-electron chi connectivity index (χ1n) is 7.50. The fourth-order valence-corrected chi connectivity index (χ4v) is 2.17. The third-order valence-electron chi connectivity index (χ3n) is 3.29. The fourth-order valence-electron chi connectivity index (χ4n) is 2.17. The summed E-state index contributed by atoms with van der Waals surface area (Å²) in [5, 5.41) is 6.42. The zero-order valence-corrected chi connectivity index (χ0v) is 14.3. The molecular formula is C16H17F2N3O5. The minimum absolute atomic E-state index is 0.000159. The zero-order valence-electron chi connectivity index (χ0n) is 14.3. The molecule has 26 heavy (non-hydrogen) atoms. The molecule has 10 heteroatoms. The number of methoxy groups -OCH3 is 1. The molecule has 0 bridgehead atoms. The maximum Gasteiger partial charge on any atom is 0.387 e. The molecular weight excluding hydrogens is 352 g/mol. The fraction of sp³-hybridized carbons (Fsp3) is 0.312. The van der Waals surface area contributed by atoms with Crippen LogP contribution in [0.2, 0.25) is 0 Å². The van der Waals surface area contributed by atoms with Crippen molar-refractivity contribution in [2.45, 2.75) is 13.5 Å². The highest BCUT2D eigenvalue weighted by Crippen LogP contribution is 2.30. The van der Waals surface area contributed by atoms with Crippen LogP contribution >= 0.6 is 0 Å². The van der Waals surface area contributed by atoms with Gasteiger partial charge in [0.15, 0.2) is 17.2 Å². The third kappa shape index (κ3) is 4.26. The predicted octanol–water partition coefficient (Wildman–Crippen LogP) is 2.46. The molecule has 1 aromatic carbocycles. The van der Waals surface area contributed by atoms with E-state index < -0.39 is 18.5 Å². The Balaban J connectivity index is 2.27. The molecule has 0 unspecified atom stereocenters. The minimum Gasteiger partial charge on any atom is -0.490 e. The average molecular weight is 369 g/mol. The van der Waals surface area contributed by atoms with Gasteiger partial charge in [-0.1, -0.05) is 0 Å². The van der Waals surface area contributed by atoms with Gasteiger partial charge in [-0.05, 0) is 25.1 Å². The van der Waals surface area contributed by atoms with Gasteiger partial charge < -0.3 is 19.5 Å². The minimum atomic E-state index is -3.02. The second-order valence-corrected chi connectivity index (χ2v) is 4.95. The smallest absolute Gasteiger partial charge is 0.387 e. The summed E-state index contributed by atoms with van der Waals surface area (Å²) >= 11 is 0.